The highest BCUT2D eigenvalue weighted by atomic mass is 35.5. The van der Waals surface area contributed by atoms with Gasteiger partial charge in [-0.3, -0.25) is 4.98 Å². The van der Waals surface area contributed by atoms with E-state index in [4.69, 9.17) is 16.3 Å². The van der Waals surface area contributed by atoms with Crippen LogP contribution in [0.5, 0.6) is 5.75 Å². The van der Waals surface area contributed by atoms with Crippen LogP contribution in [0.4, 0.5) is 16.2 Å². The van der Waals surface area contributed by atoms with Crippen molar-refractivity contribution >= 4 is 39.9 Å². The van der Waals surface area contributed by atoms with E-state index in [1.54, 1.807) is 13.3 Å². The van der Waals surface area contributed by atoms with Gasteiger partial charge in [-0.15, -0.1) is 0 Å². The molecule has 0 saturated heterocycles. The minimum Gasteiger partial charge on any atom is -0.497 e. The first-order valence-corrected chi connectivity index (χ1v) is 12.9. The van der Waals surface area contributed by atoms with E-state index in [0.717, 1.165) is 52.0 Å². The van der Waals surface area contributed by atoms with E-state index in [2.05, 4.69) is 22.5 Å². The van der Waals surface area contributed by atoms with E-state index >= 15 is 0 Å². The summed E-state index contributed by atoms with van der Waals surface area (Å²) in [6, 6.07) is 23.4. The van der Waals surface area contributed by atoms with E-state index in [1.165, 1.54) is 0 Å². The first-order valence-electron chi connectivity index (χ1n) is 12.5. The van der Waals surface area contributed by atoms with Crippen LogP contribution in [0.25, 0.3) is 10.9 Å². The number of urea groups is 1. The van der Waals surface area contributed by atoms with Gasteiger partial charge in [0.1, 0.15) is 5.75 Å². The highest BCUT2D eigenvalue weighted by Crippen LogP contribution is 2.28. The van der Waals surface area contributed by atoms with Crippen LogP contribution in [0.15, 0.2) is 79.0 Å². The first kappa shape index (κ1) is 26.3. The molecule has 0 saturated carbocycles. The SMILES string of the molecule is COc1cc(NC(C)CCCN(Cc2ccc(Cl)cc2)C(=O)Nc2cccc(C)c2)c2ncccc2c1. The molecule has 0 aliphatic carbocycles. The lowest BCUT2D eigenvalue weighted by atomic mass is 10.1. The van der Waals surface area contributed by atoms with Gasteiger partial charge in [0.05, 0.1) is 18.3 Å². The normalized spacial score (nSPS) is 11.7. The molecule has 2 N–H and O–H groups in total. The van der Waals surface area contributed by atoms with Crippen molar-refractivity contribution in [3.05, 3.63) is 95.1 Å². The number of pyridine rings is 1. The summed E-state index contributed by atoms with van der Waals surface area (Å²) in [7, 11) is 1.67. The Morgan fingerprint density at radius 3 is 2.65 bits per heavy atom. The number of halogens is 1. The largest absolute Gasteiger partial charge is 0.497 e. The van der Waals surface area contributed by atoms with Crippen molar-refractivity contribution in [2.45, 2.75) is 39.3 Å². The number of nitrogens with one attached hydrogen (secondary N) is 2. The number of anilines is 2. The molecule has 1 atom stereocenters. The van der Waals surface area contributed by atoms with E-state index in [9.17, 15) is 4.79 Å². The molecule has 7 heteroatoms. The maximum absolute atomic E-state index is 13.2. The molecule has 4 rings (SSSR count). The van der Waals surface area contributed by atoms with Gasteiger partial charge in [-0.2, -0.15) is 0 Å². The average Bonchev–Trinajstić information content (AvgIpc) is 2.89. The number of carbonyl (C=O) groups is 1. The Labute approximate surface area is 223 Å². The zero-order valence-electron chi connectivity index (χ0n) is 21.5. The van der Waals surface area contributed by atoms with Crippen molar-refractivity contribution in [1.29, 1.82) is 0 Å². The number of methoxy groups -OCH3 is 1. The van der Waals surface area contributed by atoms with Crippen LogP contribution in [-0.2, 0) is 6.54 Å². The molecule has 6 nitrogen and oxygen atoms in total. The Hall–Kier alpha value is -3.77. The van der Waals surface area contributed by atoms with Gasteiger partial charge in [-0.1, -0.05) is 41.9 Å². The summed E-state index contributed by atoms with van der Waals surface area (Å²) in [6.07, 6.45) is 3.50. The number of hydrogen-bond donors (Lipinski definition) is 2. The molecular formula is C30H33ClN4O2. The molecule has 1 aromatic heterocycles. The second-order valence-corrected chi connectivity index (χ2v) is 9.72. The lowest BCUT2D eigenvalue weighted by molar-refractivity contribution is 0.207. The Bertz CT molecular complexity index is 1340. The fraction of sp³-hybridized carbons (Fsp3) is 0.267. The van der Waals surface area contributed by atoms with Crippen LogP contribution >= 0.6 is 11.6 Å². The molecule has 0 bridgehead atoms. The highest BCUT2D eigenvalue weighted by molar-refractivity contribution is 6.30. The second kappa shape index (κ2) is 12.5. The van der Waals surface area contributed by atoms with Crippen molar-refractivity contribution in [2.24, 2.45) is 0 Å². The molecule has 37 heavy (non-hydrogen) atoms. The average molecular weight is 517 g/mol. The zero-order valence-corrected chi connectivity index (χ0v) is 22.3. The van der Waals surface area contributed by atoms with Crippen molar-refractivity contribution in [1.82, 2.24) is 9.88 Å². The molecule has 192 valence electrons. The van der Waals surface area contributed by atoms with Crippen LogP contribution in [-0.4, -0.2) is 35.6 Å². The number of benzene rings is 3. The Kier molecular flexibility index (Phi) is 8.86. The van der Waals surface area contributed by atoms with E-state index in [-0.39, 0.29) is 12.1 Å². The van der Waals surface area contributed by atoms with Crippen LogP contribution in [0.1, 0.15) is 30.9 Å². The van der Waals surface area contributed by atoms with Gasteiger partial charge in [-0.05, 0) is 74.2 Å². The molecule has 0 aliphatic rings. The van der Waals surface area contributed by atoms with Gasteiger partial charge in [-0.25, -0.2) is 4.79 Å². The van der Waals surface area contributed by atoms with E-state index in [0.29, 0.717) is 18.1 Å². The Morgan fingerprint density at radius 2 is 1.89 bits per heavy atom. The molecule has 0 fully saturated rings. The number of fused-ring (bicyclic) bond motifs is 1. The number of nitrogens with zero attached hydrogens (tertiary/aromatic N) is 2. The van der Waals surface area contributed by atoms with Gasteiger partial charge >= 0.3 is 6.03 Å². The summed E-state index contributed by atoms with van der Waals surface area (Å²) in [5.41, 5.74) is 4.78. The quantitative estimate of drug-likeness (QED) is 0.229. The third kappa shape index (κ3) is 7.37. The monoisotopic (exact) mass is 516 g/mol. The molecule has 4 aromatic rings. The van der Waals surface area contributed by atoms with E-state index in [1.807, 2.05) is 84.6 Å². The maximum Gasteiger partial charge on any atom is 0.322 e. The van der Waals surface area contributed by atoms with Gasteiger partial charge in [0.15, 0.2) is 0 Å². The summed E-state index contributed by atoms with van der Waals surface area (Å²) < 4.78 is 5.48. The standard InChI is InChI=1S/C30H33ClN4O2/c1-21-7-4-10-26(17-21)34-30(36)35(20-23-11-13-25(31)14-12-23)16-6-8-22(2)33-28-19-27(37-3)18-24-9-5-15-32-29(24)28/h4-5,7,9-15,17-19,22,33H,6,8,16,20H2,1-3H3,(H,34,36). The molecule has 1 heterocycles. The number of carbonyl (C=O) groups excluding carboxylic acids is 1. The van der Waals surface area contributed by atoms with E-state index < -0.39 is 0 Å². The lowest BCUT2D eigenvalue weighted by Gasteiger charge is -2.25. The number of aromatic nitrogens is 1. The number of hydrogen-bond acceptors (Lipinski definition) is 4. The topological polar surface area (TPSA) is 66.5 Å². The van der Waals surface area contributed by atoms with Crippen molar-refractivity contribution in [2.75, 3.05) is 24.3 Å². The Morgan fingerprint density at radius 1 is 1.08 bits per heavy atom. The molecule has 0 spiro atoms. The summed E-state index contributed by atoms with van der Waals surface area (Å²) >= 11 is 6.06. The van der Waals surface area contributed by atoms with Gasteiger partial charge in [0.25, 0.3) is 0 Å². The van der Waals surface area contributed by atoms with Crippen LogP contribution in [0.3, 0.4) is 0 Å². The molecule has 2 amide bonds. The summed E-state index contributed by atoms with van der Waals surface area (Å²) in [6.45, 7) is 5.27. The minimum absolute atomic E-state index is 0.121. The Balaban J connectivity index is 1.41. The third-order valence-electron chi connectivity index (χ3n) is 6.22. The van der Waals surface area contributed by atoms with Crippen molar-refractivity contribution in [3.8, 4) is 5.75 Å². The van der Waals surface area contributed by atoms with Gasteiger partial charge in [0.2, 0.25) is 0 Å². The lowest BCUT2D eigenvalue weighted by Crippen LogP contribution is -2.35. The minimum atomic E-state index is -0.121. The summed E-state index contributed by atoms with van der Waals surface area (Å²) in [5, 5.41) is 8.34. The molecular weight excluding hydrogens is 484 g/mol. The number of rotatable bonds is 10. The fourth-order valence-corrected chi connectivity index (χ4v) is 4.43. The summed E-state index contributed by atoms with van der Waals surface area (Å²) in [5.74, 6) is 0.789. The predicted molar refractivity (Wildman–Crippen MR) is 153 cm³/mol. The van der Waals surface area contributed by atoms with Crippen LogP contribution in [0.2, 0.25) is 5.02 Å². The van der Waals surface area contributed by atoms with Crippen molar-refractivity contribution in [3.63, 3.8) is 0 Å². The van der Waals surface area contributed by atoms with Crippen molar-refractivity contribution < 1.29 is 9.53 Å². The maximum atomic E-state index is 13.2. The number of amides is 2. The zero-order chi connectivity index (χ0) is 26.2. The number of ether oxygens (including phenoxy) is 1. The van der Waals surface area contributed by atoms with Crippen LogP contribution < -0.4 is 15.4 Å². The first-order chi connectivity index (χ1) is 17.9. The predicted octanol–water partition coefficient (Wildman–Crippen LogP) is 7.52. The summed E-state index contributed by atoms with van der Waals surface area (Å²) in [4.78, 5) is 19.6. The smallest absolute Gasteiger partial charge is 0.322 e. The van der Waals surface area contributed by atoms with Gasteiger partial charge in [0, 0.05) is 47.5 Å². The third-order valence-corrected chi connectivity index (χ3v) is 6.48. The second-order valence-electron chi connectivity index (χ2n) is 9.29. The highest BCUT2D eigenvalue weighted by Gasteiger charge is 2.16. The molecule has 0 aliphatic heterocycles. The number of aryl methyl sites for hydroxylation is 1. The van der Waals surface area contributed by atoms with Crippen LogP contribution in [0, 0.1) is 6.92 Å². The van der Waals surface area contributed by atoms with Gasteiger partial charge < -0.3 is 20.3 Å². The molecule has 0 radical (unpaired) electrons. The molecule has 3 aromatic carbocycles. The molecule has 1 unspecified atom stereocenters. The fourth-order valence-electron chi connectivity index (χ4n) is 4.31.